The molecule has 1 atom stereocenters. The lowest BCUT2D eigenvalue weighted by Gasteiger charge is -2.27. The number of aromatic nitrogens is 1. The van der Waals surface area contributed by atoms with Crippen molar-refractivity contribution < 1.29 is 9.53 Å². The standard InChI is InChI=1S/C18H21BrN2O2S/c1-18(2,3)23-17(22)21-10-4-5-14(21)16-20-11-15(24-16)12-6-8-13(19)9-7-12/h6-9,11,14H,4-5,10H2,1-3H3. The van der Waals surface area contributed by atoms with E-state index in [0.717, 1.165) is 39.3 Å². The maximum atomic E-state index is 12.4. The van der Waals surface area contributed by atoms with E-state index in [0.29, 0.717) is 0 Å². The number of hydrogen-bond donors (Lipinski definition) is 0. The fourth-order valence-electron chi connectivity index (χ4n) is 2.75. The molecule has 1 saturated heterocycles. The first kappa shape index (κ1) is 17.4. The summed E-state index contributed by atoms with van der Waals surface area (Å²) < 4.78 is 6.59. The molecule has 3 rings (SSSR count). The molecule has 1 aliphatic heterocycles. The molecule has 4 nitrogen and oxygen atoms in total. The van der Waals surface area contributed by atoms with E-state index in [1.165, 1.54) is 0 Å². The van der Waals surface area contributed by atoms with Crippen molar-refractivity contribution in [3.63, 3.8) is 0 Å². The summed E-state index contributed by atoms with van der Waals surface area (Å²) in [6, 6.07) is 8.21. The molecule has 0 spiro atoms. The molecule has 1 fully saturated rings. The van der Waals surface area contributed by atoms with Crippen LogP contribution in [-0.4, -0.2) is 28.1 Å². The molecule has 1 unspecified atom stereocenters. The maximum absolute atomic E-state index is 12.4. The highest BCUT2D eigenvalue weighted by atomic mass is 79.9. The van der Waals surface area contributed by atoms with Gasteiger partial charge in [-0.15, -0.1) is 11.3 Å². The minimum absolute atomic E-state index is 0.0223. The van der Waals surface area contributed by atoms with Crippen molar-refractivity contribution in [2.24, 2.45) is 0 Å². The van der Waals surface area contributed by atoms with Gasteiger partial charge in [0.25, 0.3) is 0 Å². The molecule has 2 aromatic rings. The van der Waals surface area contributed by atoms with Gasteiger partial charge in [-0.3, -0.25) is 4.90 Å². The van der Waals surface area contributed by atoms with Gasteiger partial charge in [-0.2, -0.15) is 0 Å². The van der Waals surface area contributed by atoms with Crippen LogP contribution in [0.15, 0.2) is 34.9 Å². The van der Waals surface area contributed by atoms with Gasteiger partial charge >= 0.3 is 6.09 Å². The number of rotatable bonds is 2. The van der Waals surface area contributed by atoms with Gasteiger partial charge in [-0.05, 0) is 51.3 Å². The molecule has 24 heavy (non-hydrogen) atoms. The van der Waals surface area contributed by atoms with E-state index in [9.17, 15) is 4.79 Å². The van der Waals surface area contributed by atoms with E-state index in [4.69, 9.17) is 4.74 Å². The van der Waals surface area contributed by atoms with Crippen LogP contribution in [0.5, 0.6) is 0 Å². The Labute approximate surface area is 155 Å². The predicted molar refractivity (Wildman–Crippen MR) is 100 cm³/mol. The molecular weight excluding hydrogens is 388 g/mol. The molecule has 2 heterocycles. The van der Waals surface area contributed by atoms with Gasteiger partial charge in [0.1, 0.15) is 10.6 Å². The molecule has 128 valence electrons. The van der Waals surface area contributed by atoms with Crippen molar-refractivity contribution in [3.8, 4) is 10.4 Å². The monoisotopic (exact) mass is 408 g/mol. The van der Waals surface area contributed by atoms with Crippen LogP contribution in [0.2, 0.25) is 0 Å². The predicted octanol–water partition coefficient (Wildman–Crippen LogP) is 5.64. The van der Waals surface area contributed by atoms with Crippen LogP contribution in [0, 0.1) is 0 Å². The molecule has 0 N–H and O–H groups in total. The SMILES string of the molecule is CC(C)(C)OC(=O)N1CCCC1c1ncc(-c2ccc(Br)cc2)s1. The highest BCUT2D eigenvalue weighted by molar-refractivity contribution is 9.10. The van der Waals surface area contributed by atoms with Crippen molar-refractivity contribution in [1.29, 1.82) is 0 Å². The zero-order valence-corrected chi connectivity index (χ0v) is 16.5. The number of carbonyl (C=O) groups is 1. The Hall–Kier alpha value is -1.40. The minimum atomic E-state index is -0.477. The van der Waals surface area contributed by atoms with E-state index in [1.54, 1.807) is 11.3 Å². The molecular formula is C18H21BrN2O2S. The molecule has 0 bridgehead atoms. The first-order valence-corrected chi connectivity index (χ1v) is 9.66. The molecule has 0 aliphatic carbocycles. The summed E-state index contributed by atoms with van der Waals surface area (Å²) in [5.74, 6) is 0. The third-order valence-electron chi connectivity index (χ3n) is 3.82. The number of nitrogens with zero attached hydrogens (tertiary/aromatic N) is 2. The van der Waals surface area contributed by atoms with Crippen LogP contribution in [0.25, 0.3) is 10.4 Å². The van der Waals surface area contributed by atoms with Crippen molar-refractivity contribution >= 4 is 33.4 Å². The summed E-state index contributed by atoms with van der Waals surface area (Å²) >= 11 is 5.11. The summed E-state index contributed by atoms with van der Waals surface area (Å²) in [6.07, 6.45) is 3.57. The molecule has 1 aliphatic rings. The topological polar surface area (TPSA) is 42.4 Å². The second-order valence-electron chi connectivity index (χ2n) is 6.90. The highest BCUT2D eigenvalue weighted by Crippen LogP contribution is 2.38. The Morgan fingerprint density at radius 3 is 2.71 bits per heavy atom. The van der Waals surface area contributed by atoms with Gasteiger partial charge in [0.15, 0.2) is 0 Å². The summed E-state index contributed by atoms with van der Waals surface area (Å²) in [4.78, 5) is 20.0. The number of halogens is 1. The van der Waals surface area contributed by atoms with Crippen molar-refractivity contribution in [1.82, 2.24) is 9.88 Å². The van der Waals surface area contributed by atoms with E-state index in [2.05, 4.69) is 33.0 Å². The van der Waals surface area contributed by atoms with Crippen LogP contribution in [-0.2, 0) is 4.74 Å². The van der Waals surface area contributed by atoms with Gasteiger partial charge in [-0.25, -0.2) is 9.78 Å². The van der Waals surface area contributed by atoms with Crippen molar-refractivity contribution in [3.05, 3.63) is 39.9 Å². The zero-order chi connectivity index (χ0) is 17.3. The maximum Gasteiger partial charge on any atom is 0.410 e. The summed E-state index contributed by atoms with van der Waals surface area (Å²) in [5.41, 5.74) is 0.666. The van der Waals surface area contributed by atoms with Gasteiger partial charge in [0, 0.05) is 17.2 Å². The van der Waals surface area contributed by atoms with E-state index in [1.807, 2.05) is 44.0 Å². The van der Waals surface area contributed by atoms with Crippen molar-refractivity contribution in [2.75, 3.05) is 6.54 Å². The van der Waals surface area contributed by atoms with E-state index >= 15 is 0 Å². The summed E-state index contributed by atoms with van der Waals surface area (Å²) in [6.45, 7) is 6.41. The average molecular weight is 409 g/mol. The largest absolute Gasteiger partial charge is 0.444 e. The summed E-state index contributed by atoms with van der Waals surface area (Å²) in [5, 5.41) is 0.983. The average Bonchev–Trinajstić information content (AvgIpc) is 3.15. The Morgan fingerprint density at radius 1 is 1.33 bits per heavy atom. The number of amides is 1. The second kappa shape index (κ2) is 6.84. The quantitative estimate of drug-likeness (QED) is 0.644. The fraction of sp³-hybridized carbons (Fsp3) is 0.444. The number of thiazole rings is 1. The Morgan fingerprint density at radius 2 is 2.04 bits per heavy atom. The van der Waals surface area contributed by atoms with Crippen LogP contribution >= 0.6 is 27.3 Å². The van der Waals surface area contributed by atoms with Crippen LogP contribution in [0.3, 0.4) is 0 Å². The third kappa shape index (κ3) is 3.98. The Balaban J connectivity index is 1.78. The van der Waals surface area contributed by atoms with Crippen molar-refractivity contribution in [2.45, 2.75) is 45.3 Å². The number of hydrogen-bond acceptors (Lipinski definition) is 4. The van der Waals surface area contributed by atoms with E-state index in [-0.39, 0.29) is 12.1 Å². The number of carbonyl (C=O) groups excluding carboxylic acids is 1. The normalized spacial score (nSPS) is 18.0. The van der Waals surface area contributed by atoms with Crippen LogP contribution in [0.4, 0.5) is 4.79 Å². The van der Waals surface area contributed by atoms with Gasteiger partial charge in [0.2, 0.25) is 0 Å². The zero-order valence-electron chi connectivity index (χ0n) is 14.1. The molecule has 0 radical (unpaired) electrons. The van der Waals surface area contributed by atoms with Crippen LogP contribution in [0.1, 0.15) is 44.7 Å². The third-order valence-corrected chi connectivity index (χ3v) is 5.49. The lowest BCUT2D eigenvalue weighted by atomic mass is 10.2. The molecule has 1 aromatic heterocycles. The first-order chi connectivity index (χ1) is 11.3. The fourth-order valence-corrected chi connectivity index (χ4v) is 4.09. The van der Waals surface area contributed by atoms with Crippen LogP contribution < -0.4 is 0 Å². The minimum Gasteiger partial charge on any atom is -0.444 e. The second-order valence-corrected chi connectivity index (χ2v) is 8.88. The van der Waals surface area contributed by atoms with E-state index < -0.39 is 5.60 Å². The van der Waals surface area contributed by atoms with Gasteiger partial charge in [-0.1, -0.05) is 28.1 Å². The smallest absolute Gasteiger partial charge is 0.410 e. The molecule has 1 amide bonds. The molecule has 1 aromatic carbocycles. The Bertz CT molecular complexity index is 721. The Kier molecular flexibility index (Phi) is 4.97. The lowest BCUT2D eigenvalue weighted by molar-refractivity contribution is 0.0224. The first-order valence-electron chi connectivity index (χ1n) is 8.05. The summed E-state index contributed by atoms with van der Waals surface area (Å²) in [7, 11) is 0. The highest BCUT2D eigenvalue weighted by Gasteiger charge is 2.34. The molecule has 0 saturated carbocycles. The van der Waals surface area contributed by atoms with Gasteiger partial charge < -0.3 is 4.74 Å². The van der Waals surface area contributed by atoms with Gasteiger partial charge in [0.05, 0.1) is 10.9 Å². The number of likely N-dealkylation sites (tertiary alicyclic amines) is 1. The lowest BCUT2D eigenvalue weighted by Crippen LogP contribution is -2.36. The number of ether oxygens (including phenoxy) is 1. The number of benzene rings is 1. The molecule has 6 heteroatoms.